The van der Waals surface area contributed by atoms with Gasteiger partial charge in [-0.3, -0.25) is 4.90 Å². The number of phenols is 1. The quantitative estimate of drug-likeness (QED) is 0.874. The van der Waals surface area contributed by atoms with Crippen molar-refractivity contribution in [3.8, 4) is 17.2 Å². The number of aromatic hydroxyl groups is 1. The van der Waals surface area contributed by atoms with Crippen molar-refractivity contribution >= 4 is 0 Å². The average Bonchev–Trinajstić information content (AvgIpc) is 3.28. The zero-order chi connectivity index (χ0) is 17.1. The molecule has 4 rings (SSSR count). The highest BCUT2D eigenvalue weighted by atomic mass is 16.7. The van der Waals surface area contributed by atoms with Gasteiger partial charge in [-0.25, -0.2) is 0 Å². The van der Waals surface area contributed by atoms with Crippen LogP contribution in [0.3, 0.4) is 0 Å². The highest BCUT2D eigenvalue weighted by Gasteiger charge is 2.21. The Kier molecular flexibility index (Phi) is 4.76. The number of benzene rings is 2. The van der Waals surface area contributed by atoms with Gasteiger partial charge in [0.15, 0.2) is 11.5 Å². The van der Waals surface area contributed by atoms with E-state index < -0.39 is 0 Å². The molecule has 132 valence electrons. The number of hydrogen-bond acceptors (Lipinski definition) is 5. The third kappa shape index (κ3) is 4.06. The maximum atomic E-state index is 9.49. The summed E-state index contributed by atoms with van der Waals surface area (Å²) in [6, 6.07) is 13.5. The van der Waals surface area contributed by atoms with Crippen LogP contribution in [0.15, 0.2) is 42.5 Å². The van der Waals surface area contributed by atoms with Gasteiger partial charge in [-0.2, -0.15) is 0 Å². The Morgan fingerprint density at radius 2 is 1.72 bits per heavy atom. The first-order chi connectivity index (χ1) is 12.3. The summed E-state index contributed by atoms with van der Waals surface area (Å²) in [6.07, 6.45) is 2.56. The summed E-state index contributed by atoms with van der Waals surface area (Å²) in [5.74, 6) is 1.93. The van der Waals surface area contributed by atoms with Crippen LogP contribution in [0.25, 0.3) is 0 Å². The first-order valence-corrected chi connectivity index (χ1v) is 8.77. The highest BCUT2D eigenvalue weighted by Crippen LogP contribution is 2.33. The van der Waals surface area contributed by atoms with E-state index in [9.17, 15) is 5.11 Å². The lowest BCUT2D eigenvalue weighted by Crippen LogP contribution is -2.31. The fourth-order valence-electron chi connectivity index (χ4n) is 3.42. The van der Waals surface area contributed by atoms with E-state index in [0.717, 1.165) is 50.6 Å². The van der Waals surface area contributed by atoms with Gasteiger partial charge in [-0.05, 0) is 48.2 Å². The second kappa shape index (κ2) is 7.33. The van der Waals surface area contributed by atoms with E-state index in [0.29, 0.717) is 18.6 Å². The van der Waals surface area contributed by atoms with E-state index in [1.54, 1.807) is 12.1 Å². The van der Waals surface area contributed by atoms with Gasteiger partial charge in [0.05, 0.1) is 6.10 Å². The smallest absolute Gasteiger partial charge is 0.231 e. The van der Waals surface area contributed by atoms with Crippen molar-refractivity contribution in [1.82, 2.24) is 4.90 Å². The fourth-order valence-corrected chi connectivity index (χ4v) is 3.42. The lowest BCUT2D eigenvalue weighted by atomic mass is 10.1. The Balaban J connectivity index is 1.48. The molecule has 2 heterocycles. The molecule has 1 unspecified atom stereocenters. The third-order valence-electron chi connectivity index (χ3n) is 4.67. The Morgan fingerprint density at radius 3 is 2.52 bits per heavy atom. The molecule has 5 nitrogen and oxygen atoms in total. The molecule has 2 aromatic carbocycles. The summed E-state index contributed by atoms with van der Waals surface area (Å²) in [5, 5.41) is 9.49. The van der Waals surface area contributed by atoms with E-state index in [1.165, 1.54) is 11.1 Å². The largest absolute Gasteiger partial charge is 0.508 e. The zero-order valence-electron chi connectivity index (χ0n) is 14.2. The lowest BCUT2D eigenvalue weighted by molar-refractivity contribution is 0.0679. The van der Waals surface area contributed by atoms with Gasteiger partial charge < -0.3 is 19.3 Å². The minimum atomic E-state index is 0.296. The van der Waals surface area contributed by atoms with E-state index in [-0.39, 0.29) is 0 Å². The molecule has 0 aromatic heterocycles. The zero-order valence-corrected chi connectivity index (χ0v) is 14.2. The molecule has 0 bridgehead atoms. The highest BCUT2D eigenvalue weighted by molar-refractivity contribution is 5.44. The van der Waals surface area contributed by atoms with Crippen LogP contribution in [-0.4, -0.2) is 36.1 Å². The molecule has 2 aromatic rings. The molecule has 2 aliphatic rings. The molecular weight excluding hydrogens is 318 g/mol. The van der Waals surface area contributed by atoms with E-state index in [2.05, 4.69) is 17.0 Å². The van der Waals surface area contributed by atoms with Crippen LogP contribution < -0.4 is 9.47 Å². The summed E-state index contributed by atoms with van der Waals surface area (Å²) >= 11 is 0. The van der Waals surface area contributed by atoms with Crippen molar-refractivity contribution in [2.45, 2.75) is 32.0 Å². The lowest BCUT2D eigenvalue weighted by Gasteiger charge is -2.25. The Hall–Kier alpha value is -2.24. The molecule has 2 aliphatic heterocycles. The SMILES string of the molecule is Oc1ccc(CN(Cc2ccc3c(c2)OCO3)CC2CCCO2)cc1. The Bertz CT molecular complexity index is 710. The number of fused-ring (bicyclic) bond motifs is 1. The van der Waals surface area contributed by atoms with Crippen LogP contribution in [-0.2, 0) is 17.8 Å². The maximum absolute atomic E-state index is 9.49. The molecule has 25 heavy (non-hydrogen) atoms. The van der Waals surface area contributed by atoms with Crippen molar-refractivity contribution in [1.29, 1.82) is 0 Å². The van der Waals surface area contributed by atoms with Gasteiger partial charge in [-0.15, -0.1) is 0 Å². The molecule has 0 amide bonds. The van der Waals surface area contributed by atoms with Gasteiger partial charge in [-0.1, -0.05) is 18.2 Å². The van der Waals surface area contributed by atoms with Crippen LogP contribution in [0.4, 0.5) is 0 Å². The second-order valence-corrected chi connectivity index (χ2v) is 6.66. The second-order valence-electron chi connectivity index (χ2n) is 6.66. The van der Waals surface area contributed by atoms with Crippen LogP contribution in [0.2, 0.25) is 0 Å². The monoisotopic (exact) mass is 341 g/mol. The average molecular weight is 341 g/mol. The normalized spacial score (nSPS) is 18.8. The predicted octanol–water partition coefficient (Wildman–Crippen LogP) is 3.30. The maximum Gasteiger partial charge on any atom is 0.231 e. The molecule has 1 saturated heterocycles. The Morgan fingerprint density at radius 1 is 0.960 bits per heavy atom. The first kappa shape index (κ1) is 16.2. The summed E-state index contributed by atoms with van der Waals surface area (Å²) in [7, 11) is 0. The molecule has 0 spiro atoms. The standard InChI is InChI=1S/C20H23NO4/c22-17-6-3-15(4-7-17)11-21(13-18-2-1-9-23-18)12-16-5-8-19-20(10-16)25-14-24-19/h3-8,10,18,22H,1-2,9,11-14H2. The van der Waals surface area contributed by atoms with Gasteiger partial charge in [0.25, 0.3) is 0 Å². The summed E-state index contributed by atoms with van der Waals surface area (Å²) in [4.78, 5) is 2.39. The summed E-state index contributed by atoms with van der Waals surface area (Å²) < 4.78 is 16.7. The number of rotatable bonds is 6. The molecular formula is C20H23NO4. The van der Waals surface area contributed by atoms with Crippen molar-refractivity contribution in [3.05, 3.63) is 53.6 Å². The third-order valence-corrected chi connectivity index (χ3v) is 4.67. The van der Waals surface area contributed by atoms with Crippen LogP contribution in [0.5, 0.6) is 17.2 Å². The number of hydrogen-bond donors (Lipinski definition) is 1. The fraction of sp³-hybridized carbons (Fsp3) is 0.400. The van der Waals surface area contributed by atoms with E-state index in [1.807, 2.05) is 18.2 Å². The van der Waals surface area contributed by atoms with Crippen LogP contribution in [0, 0.1) is 0 Å². The van der Waals surface area contributed by atoms with Crippen molar-refractivity contribution in [2.75, 3.05) is 19.9 Å². The first-order valence-electron chi connectivity index (χ1n) is 8.77. The Labute approximate surface area is 147 Å². The molecule has 5 heteroatoms. The van der Waals surface area contributed by atoms with E-state index >= 15 is 0 Å². The number of ether oxygens (including phenoxy) is 3. The topological polar surface area (TPSA) is 51.2 Å². The molecule has 1 atom stereocenters. The number of phenolic OH excluding ortho intramolecular Hbond substituents is 1. The minimum absolute atomic E-state index is 0.296. The van der Waals surface area contributed by atoms with Crippen LogP contribution in [0.1, 0.15) is 24.0 Å². The van der Waals surface area contributed by atoms with E-state index in [4.69, 9.17) is 14.2 Å². The molecule has 1 N–H and O–H groups in total. The summed E-state index contributed by atoms with van der Waals surface area (Å²) in [5.41, 5.74) is 2.37. The number of nitrogens with zero attached hydrogens (tertiary/aromatic N) is 1. The molecule has 0 radical (unpaired) electrons. The summed E-state index contributed by atoms with van der Waals surface area (Å²) in [6.45, 7) is 3.69. The van der Waals surface area contributed by atoms with Gasteiger partial charge in [0.1, 0.15) is 5.75 Å². The van der Waals surface area contributed by atoms with Crippen molar-refractivity contribution in [3.63, 3.8) is 0 Å². The van der Waals surface area contributed by atoms with Gasteiger partial charge in [0.2, 0.25) is 6.79 Å². The van der Waals surface area contributed by atoms with Crippen molar-refractivity contribution in [2.24, 2.45) is 0 Å². The van der Waals surface area contributed by atoms with Crippen molar-refractivity contribution < 1.29 is 19.3 Å². The predicted molar refractivity (Wildman–Crippen MR) is 93.8 cm³/mol. The van der Waals surface area contributed by atoms with Gasteiger partial charge >= 0.3 is 0 Å². The minimum Gasteiger partial charge on any atom is -0.508 e. The van der Waals surface area contributed by atoms with Crippen LogP contribution >= 0.6 is 0 Å². The molecule has 0 saturated carbocycles. The van der Waals surface area contributed by atoms with Gasteiger partial charge in [0, 0.05) is 26.2 Å². The molecule has 0 aliphatic carbocycles. The molecule has 1 fully saturated rings.